The normalized spacial score (nSPS) is 16.3. The molecule has 39 heavy (non-hydrogen) atoms. The number of hydrogen-bond donors (Lipinski definition) is 3. The fourth-order valence-electron chi connectivity index (χ4n) is 5.58. The van der Waals surface area contributed by atoms with Crippen LogP contribution in [0, 0.1) is 20.8 Å². The highest BCUT2D eigenvalue weighted by Crippen LogP contribution is 2.33. The zero-order valence-corrected chi connectivity index (χ0v) is 23.2. The van der Waals surface area contributed by atoms with Crippen LogP contribution in [-0.4, -0.2) is 48.2 Å². The zero-order valence-electron chi connectivity index (χ0n) is 23.2. The number of carbonyl (C=O) groups is 1. The molecule has 0 spiro atoms. The Labute approximate surface area is 228 Å². The fraction of sp³-hybridized carbons (Fsp3) is 0.355. The van der Waals surface area contributed by atoms with E-state index in [1.165, 1.54) is 0 Å². The van der Waals surface area contributed by atoms with E-state index < -0.39 is 0 Å². The van der Waals surface area contributed by atoms with Gasteiger partial charge in [0.15, 0.2) is 0 Å². The average molecular weight is 529 g/mol. The maximum atomic E-state index is 13.6. The Bertz CT molecular complexity index is 1580. The van der Waals surface area contributed by atoms with Crippen molar-refractivity contribution >= 4 is 11.4 Å². The number of pyridine rings is 2. The molecular weight excluding hydrogens is 492 g/mol. The molecule has 0 saturated carbocycles. The van der Waals surface area contributed by atoms with Gasteiger partial charge < -0.3 is 29.5 Å². The minimum absolute atomic E-state index is 0.0182. The fourth-order valence-corrected chi connectivity index (χ4v) is 5.58. The third-order valence-electron chi connectivity index (χ3n) is 7.70. The van der Waals surface area contributed by atoms with Gasteiger partial charge in [-0.1, -0.05) is 19.1 Å². The number of carbonyl (C=O) groups excluding carboxylic acids is 1. The van der Waals surface area contributed by atoms with E-state index in [-0.39, 0.29) is 30.0 Å². The first-order valence-electron chi connectivity index (χ1n) is 13.4. The highest BCUT2D eigenvalue weighted by Gasteiger charge is 2.28. The van der Waals surface area contributed by atoms with E-state index >= 15 is 0 Å². The van der Waals surface area contributed by atoms with Gasteiger partial charge in [-0.2, -0.15) is 0 Å². The highest BCUT2D eigenvalue weighted by molar-refractivity contribution is 5.97. The van der Waals surface area contributed by atoms with E-state index in [2.05, 4.69) is 45.3 Å². The van der Waals surface area contributed by atoms with Crippen LogP contribution in [0.2, 0.25) is 0 Å². The Morgan fingerprint density at radius 3 is 2.72 bits per heavy atom. The molecule has 1 amide bonds. The second kappa shape index (κ2) is 11.1. The second-order valence-electron chi connectivity index (χ2n) is 10.4. The topological polar surface area (TPSA) is 96.9 Å². The zero-order chi connectivity index (χ0) is 27.7. The first-order chi connectivity index (χ1) is 18.8. The van der Waals surface area contributed by atoms with Crippen LogP contribution < -0.4 is 20.9 Å². The van der Waals surface area contributed by atoms with Crippen molar-refractivity contribution in [2.75, 3.05) is 26.8 Å². The first kappa shape index (κ1) is 26.7. The summed E-state index contributed by atoms with van der Waals surface area (Å²) in [5.74, 6) is 0.603. The maximum absolute atomic E-state index is 13.6. The summed E-state index contributed by atoms with van der Waals surface area (Å²) in [5, 5.41) is 6.42. The standard InChI is InChI=1S/C31H36N4O4/c1-18-11-19(2)34-31(37)27(18)15-33-30(36)26-14-24-12-23(22-7-6-8-25(13-22)38-5)17-35(24)29(20(26)3)21(4)28-16-32-9-10-39-28/h6-8,11-14,17,21,28,32H,9-10,15-16H2,1-5H3,(H,33,36)(H,34,37). The van der Waals surface area contributed by atoms with E-state index in [4.69, 9.17) is 9.47 Å². The number of nitrogens with zero attached hydrogens (tertiary/aromatic N) is 1. The molecule has 1 fully saturated rings. The van der Waals surface area contributed by atoms with Crippen molar-refractivity contribution in [2.45, 2.75) is 46.3 Å². The number of aryl methyl sites for hydroxylation is 2. The summed E-state index contributed by atoms with van der Waals surface area (Å²) in [6.45, 7) is 10.3. The summed E-state index contributed by atoms with van der Waals surface area (Å²) in [6, 6.07) is 13.9. The lowest BCUT2D eigenvalue weighted by Crippen LogP contribution is -2.41. The van der Waals surface area contributed by atoms with Crippen LogP contribution in [0.15, 0.2) is 53.5 Å². The number of nitrogens with one attached hydrogen (secondary N) is 3. The molecule has 1 aliphatic heterocycles. The van der Waals surface area contributed by atoms with Gasteiger partial charge in [-0.3, -0.25) is 9.59 Å². The Morgan fingerprint density at radius 2 is 2.00 bits per heavy atom. The molecule has 2 unspecified atom stereocenters. The Kier molecular flexibility index (Phi) is 7.59. The molecule has 0 aliphatic carbocycles. The van der Waals surface area contributed by atoms with Gasteiger partial charge in [0.1, 0.15) is 5.75 Å². The lowest BCUT2D eigenvalue weighted by molar-refractivity contribution is 0.0135. The molecular formula is C31H36N4O4. The summed E-state index contributed by atoms with van der Waals surface area (Å²) >= 11 is 0. The number of aromatic amines is 1. The van der Waals surface area contributed by atoms with Crippen molar-refractivity contribution in [3.05, 3.63) is 92.7 Å². The molecule has 1 aromatic carbocycles. The quantitative estimate of drug-likeness (QED) is 0.333. The van der Waals surface area contributed by atoms with Gasteiger partial charge in [0.05, 0.1) is 19.8 Å². The predicted octanol–water partition coefficient (Wildman–Crippen LogP) is 4.25. The van der Waals surface area contributed by atoms with E-state index in [0.29, 0.717) is 17.7 Å². The summed E-state index contributed by atoms with van der Waals surface area (Å²) < 4.78 is 13.7. The van der Waals surface area contributed by atoms with Gasteiger partial charge in [-0.25, -0.2) is 0 Å². The van der Waals surface area contributed by atoms with Crippen molar-refractivity contribution in [3.8, 4) is 16.9 Å². The third-order valence-corrected chi connectivity index (χ3v) is 7.70. The maximum Gasteiger partial charge on any atom is 0.253 e. The SMILES string of the molecule is COc1cccc(-c2cc3cc(C(=O)NCc4c(C)cc(C)[nH]c4=O)c(C)c(C(C)C4CNCCO4)n3c2)c1. The van der Waals surface area contributed by atoms with Crippen LogP contribution in [0.25, 0.3) is 16.6 Å². The van der Waals surface area contributed by atoms with E-state index in [0.717, 1.165) is 58.0 Å². The molecule has 0 bridgehead atoms. The molecule has 3 N–H and O–H groups in total. The number of aromatic nitrogens is 2. The molecule has 8 heteroatoms. The number of rotatable bonds is 7. The Hall–Kier alpha value is -3.88. The lowest BCUT2D eigenvalue weighted by atomic mass is 9.92. The summed E-state index contributed by atoms with van der Waals surface area (Å²) in [6.07, 6.45) is 2.10. The number of benzene rings is 1. The number of ether oxygens (including phenoxy) is 2. The summed E-state index contributed by atoms with van der Waals surface area (Å²) in [7, 11) is 1.66. The van der Waals surface area contributed by atoms with Crippen molar-refractivity contribution in [3.63, 3.8) is 0 Å². The van der Waals surface area contributed by atoms with Crippen LogP contribution in [0.5, 0.6) is 5.75 Å². The average Bonchev–Trinajstić information content (AvgIpc) is 3.36. The lowest BCUT2D eigenvalue weighted by Gasteiger charge is -2.31. The summed E-state index contributed by atoms with van der Waals surface area (Å²) in [4.78, 5) is 28.9. The van der Waals surface area contributed by atoms with Gasteiger partial charge in [-0.15, -0.1) is 0 Å². The Balaban J connectivity index is 1.57. The molecule has 3 aromatic heterocycles. The van der Waals surface area contributed by atoms with E-state index in [1.807, 2.05) is 51.1 Å². The monoisotopic (exact) mass is 528 g/mol. The van der Waals surface area contributed by atoms with Crippen LogP contribution in [-0.2, 0) is 11.3 Å². The number of hydrogen-bond acceptors (Lipinski definition) is 5. The van der Waals surface area contributed by atoms with Crippen molar-refractivity contribution in [1.82, 2.24) is 20.0 Å². The van der Waals surface area contributed by atoms with Crippen LogP contribution >= 0.6 is 0 Å². The smallest absolute Gasteiger partial charge is 0.253 e. The largest absolute Gasteiger partial charge is 0.497 e. The number of methoxy groups -OCH3 is 1. The van der Waals surface area contributed by atoms with Crippen LogP contribution in [0.3, 0.4) is 0 Å². The van der Waals surface area contributed by atoms with Gasteiger partial charge in [0, 0.05) is 65.3 Å². The van der Waals surface area contributed by atoms with Crippen molar-refractivity contribution in [1.29, 1.82) is 0 Å². The molecule has 8 nitrogen and oxygen atoms in total. The minimum Gasteiger partial charge on any atom is -0.497 e. The summed E-state index contributed by atoms with van der Waals surface area (Å²) in [5.41, 5.74) is 7.53. The molecule has 2 atom stereocenters. The first-order valence-corrected chi connectivity index (χ1v) is 13.4. The van der Waals surface area contributed by atoms with Gasteiger partial charge in [0.25, 0.3) is 11.5 Å². The second-order valence-corrected chi connectivity index (χ2v) is 10.4. The molecule has 0 radical (unpaired) electrons. The molecule has 1 aliphatic rings. The van der Waals surface area contributed by atoms with Crippen LogP contribution in [0.4, 0.5) is 0 Å². The Morgan fingerprint density at radius 1 is 1.18 bits per heavy atom. The van der Waals surface area contributed by atoms with E-state index in [1.54, 1.807) is 7.11 Å². The van der Waals surface area contributed by atoms with Crippen LogP contribution in [0.1, 0.15) is 51.3 Å². The molecule has 4 heterocycles. The molecule has 204 valence electrons. The third kappa shape index (κ3) is 5.35. The highest BCUT2D eigenvalue weighted by atomic mass is 16.5. The number of amides is 1. The number of fused-ring (bicyclic) bond motifs is 1. The van der Waals surface area contributed by atoms with Gasteiger partial charge in [0.2, 0.25) is 0 Å². The van der Waals surface area contributed by atoms with Gasteiger partial charge >= 0.3 is 0 Å². The molecule has 1 saturated heterocycles. The predicted molar refractivity (Wildman–Crippen MR) is 153 cm³/mol. The number of H-pyrrole nitrogens is 1. The van der Waals surface area contributed by atoms with Crippen molar-refractivity contribution < 1.29 is 14.3 Å². The minimum atomic E-state index is -0.213. The molecule has 5 rings (SSSR count). The van der Waals surface area contributed by atoms with Gasteiger partial charge in [-0.05, 0) is 67.8 Å². The van der Waals surface area contributed by atoms with E-state index in [9.17, 15) is 9.59 Å². The molecule has 4 aromatic rings. The number of morpholine rings is 1. The van der Waals surface area contributed by atoms with Crippen molar-refractivity contribution in [2.24, 2.45) is 0 Å².